The molecule has 5 nitrogen and oxygen atoms in total. The summed E-state index contributed by atoms with van der Waals surface area (Å²) in [5.41, 5.74) is 7.37. The average molecular weight is 247 g/mol. The van der Waals surface area contributed by atoms with Gasteiger partial charge in [-0.15, -0.1) is 0 Å². The molecule has 0 spiro atoms. The van der Waals surface area contributed by atoms with Crippen molar-refractivity contribution in [2.24, 2.45) is 0 Å². The Morgan fingerprint density at radius 3 is 2.83 bits per heavy atom. The zero-order valence-electron chi connectivity index (χ0n) is 10.7. The molecule has 1 aromatic heterocycles. The molecule has 18 heavy (non-hydrogen) atoms. The minimum atomic E-state index is -0.0619. The van der Waals surface area contributed by atoms with Crippen LogP contribution in [0.3, 0.4) is 0 Å². The first-order valence-corrected chi connectivity index (χ1v) is 5.72. The Bertz CT molecular complexity index is 537. The number of nitrogen functional groups attached to an aromatic ring is 1. The predicted octanol–water partition coefficient (Wildman–Crippen LogP) is 2.75. The van der Waals surface area contributed by atoms with Gasteiger partial charge in [0.1, 0.15) is 17.6 Å². The molecule has 0 bridgehead atoms. The third-order valence-corrected chi connectivity index (χ3v) is 2.64. The smallest absolute Gasteiger partial charge is 0.216 e. The highest BCUT2D eigenvalue weighted by Gasteiger charge is 2.12. The Kier molecular flexibility index (Phi) is 3.41. The summed E-state index contributed by atoms with van der Waals surface area (Å²) in [6.45, 7) is 3.83. The summed E-state index contributed by atoms with van der Waals surface area (Å²) in [6, 6.07) is 5.41. The molecule has 1 unspecified atom stereocenters. The van der Waals surface area contributed by atoms with Gasteiger partial charge in [-0.05, 0) is 26.0 Å². The first kappa shape index (κ1) is 12.3. The molecular weight excluding hydrogens is 230 g/mol. The molecule has 0 saturated heterocycles. The van der Waals surface area contributed by atoms with Crippen LogP contribution in [-0.4, -0.2) is 12.1 Å². The third-order valence-electron chi connectivity index (χ3n) is 2.64. The number of oxazole rings is 1. The minimum Gasteiger partial charge on any atom is -0.497 e. The van der Waals surface area contributed by atoms with E-state index in [0.29, 0.717) is 11.6 Å². The van der Waals surface area contributed by atoms with E-state index in [0.717, 1.165) is 17.2 Å². The van der Waals surface area contributed by atoms with E-state index in [4.69, 9.17) is 14.9 Å². The van der Waals surface area contributed by atoms with E-state index in [9.17, 15) is 0 Å². The lowest BCUT2D eigenvalue weighted by molar-refractivity contribution is 0.415. The number of nitrogens with zero attached hydrogens (tertiary/aromatic N) is 1. The Hall–Kier alpha value is -2.17. The van der Waals surface area contributed by atoms with Crippen molar-refractivity contribution in [3.8, 4) is 5.75 Å². The van der Waals surface area contributed by atoms with Crippen LogP contribution in [0.5, 0.6) is 5.75 Å². The number of hydrogen-bond donors (Lipinski definition) is 2. The van der Waals surface area contributed by atoms with Crippen LogP contribution in [0.2, 0.25) is 0 Å². The Balaban J connectivity index is 2.18. The fourth-order valence-electron chi connectivity index (χ4n) is 1.65. The number of rotatable bonds is 4. The number of nitrogens with two attached hydrogens (primary N) is 1. The van der Waals surface area contributed by atoms with Gasteiger partial charge >= 0.3 is 0 Å². The molecule has 1 aromatic carbocycles. The molecule has 96 valence electrons. The zero-order chi connectivity index (χ0) is 13.1. The largest absolute Gasteiger partial charge is 0.497 e. The van der Waals surface area contributed by atoms with Crippen LogP contribution < -0.4 is 15.8 Å². The Labute approximate surface area is 106 Å². The number of aromatic nitrogens is 1. The number of hydrogen-bond acceptors (Lipinski definition) is 5. The van der Waals surface area contributed by atoms with Crippen LogP contribution >= 0.6 is 0 Å². The van der Waals surface area contributed by atoms with E-state index in [1.54, 1.807) is 19.4 Å². The number of nitrogens with one attached hydrogen (secondary N) is 1. The number of benzene rings is 1. The average Bonchev–Trinajstić information content (AvgIpc) is 2.79. The molecule has 0 aliphatic rings. The van der Waals surface area contributed by atoms with E-state index in [1.807, 2.05) is 26.0 Å². The molecule has 5 heteroatoms. The van der Waals surface area contributed by atoms with E-state index in [2.05, 4.69) is 10.3 Å². The molecule has 2 rings (SSSR count). The van der Waals surface area contributed by atoms with Gasteiger partial charge in [-0.3, -0.25) is 0 Å². The SMILES string of the molecule is COc1ccc(N)c(NC(C)c2ncc(C)o2)c1. The van der Waals surface area contributed by atoms with Crippen molar-refractivity contribution in [3.05, 3.63) is 36.0 Å². The molecule has 0 fully saturated rings. The highest BCUT2D eigenvalue weighted by molar-refractivity contribution is 5.68. The first-order valence-electron chi connectivity index (χ1n) is 5.72. The topological polar surface area (TPSA) is 73.3 Å². The third kappa shape index (κ3) is 2.56. The van der Waals surface area contributed by atoms with Gasteiger partial charge < -0.3 is 20.2 Å². The van der Waals surface area contributed by atoms with E-state index >= 15 is 0 Å². The van der Waals surface area contributed by atoms with Crippen LogP contribution in [0, 0.1) is 6.92 Å². The van der Waals surface area contributed by atoms with Crippen molar-refractivity contribution in [1.29, 1.82) is 0 Å². The summed E-state index contributed by atoms with van der Waals surface area (Å²) in [5.74, 6) is 2.18. The summed E-state index contributed by atoms with van der Waals surface area (Å²) < 4.78 is 10.6. The predicted molar refractivity (Wildman–Crippen MR) is 70.7 cm³/mol. The maximum atomic E-state index is 5.91. The second kappa shape index (κ2) is 5.00. The van der Waals surface area contributed by atoms with E-state index in [-0.39, 0.29) is 6.04 Å². The van der Waals surface area contributed by atoms with Crippen LogP contribution in [0.15, 0.2) is 28.8 Å². The van der Waals surface area contributed by atoms with Gasteiger partial charge in [0.05, 0.1) is 24.7 Å². The van der Waals surface area contributed by atoms with Gasteiger partial charge in [-0.2, -0.15) is 0 Å². The molecule has 0 amide bonds. The van der Waals surface area contributed by atoms with Crippen molar-refractivity contribution in [2.45, 2.75) is 19.9 Å². The maximum Gasteiger partial charge on any atom is 0.216 e. The summed E-state index contributed by atoms with van der Waals surface area (Å²) in [5, 5.41) is 3.25. The van der Waals surface area contributed by atoms with Crippen LogP contribution in [0.1, 0.15) is 24.6 Å². The van der Waals surface area contributed by atoms with Crippen LogP contribution in [-0.2, 0) is 0 Å². The van der Waals surface area contributed by atoms with Crippen molar-refractivity contribution in [1.82, 2.24) is 4.98 Å². The van der Waals surface area contributed by atoms with E-state index < -0.39 is 0 Å². The number of aryl methyl sites for hydroxylation is 1. The fourth-order valence-corrected chi connectivity index (χ4v) is 1.65. The monoisotopic (exact) mass is 247 g/mol. The number of methoxy groups -OCH3 is 1. The standard InChI is InChI=1S/C13H17N3O2/c1-8-7-15-13(18-8)9(2)16-12-6-10(17-3)4-5-11(12)14/h4-7,9,16H,14H2,1-3H3. The van der Waals surface area contributed by atoms with Crippen molar-refractivity contribution >= 4 is 11.4 Å². The zero-order valence-corrected chi connectivity index (χ0v) is 10.7. The molecule has 3 N–H and O–H groups in total. The molecule has 1 heterocycles. The van der Waals surface area contributed by atoms with Gasteiger partial charge in [0.25, 0.3) is 0 Å². The summed E-state index contributed by atoms with van der Waals surface area (Å²) in [7, 11) is 1.62. The maximum absolute atomic E-state index is 5.91. The Morgan fingerprint density at radius 2 is 2.22 bits per heavy atom. The summed E-state index contributed by atoms with van der Waals surface area (Å²) in [4.78, 5) is 4.18. The normalized spacial score (nSPS) is 12.2. The quantitative estimate of drug-likeness (QED) is 0.813. The number of anilines is 2. The summed E-state index contributed by atoms with van der Waals surface area (Å²) in [6.07, 6.45) is 1.70. The van der Waals surface area contributed by atoms with Gasteiger partial charge in [-0.25, -0.2) is 4.98 Å². The molecule has 0 aliphatic carbocycles. The summed E-state index contributed by atoms with van der Waals surface area (Å²) >= 11 is 0. The van der Waals surface area contributed by atoms with Crippen LogP contribution in [0.25, 0.3) is 0 Å². The highest BCUT2D eigenvalue weighted by Crippen LogP contribution is 2.28. The molecule has 0 radical (unpaired) electrons. The number of ether oxygens (including phenoxy) is 1. The van der Waals surface area contributed by atoms with Gasteiger partial charge in [0, 0.05) is 6.07 Å². The van der Waals surface area contributed by atoms with Gasteiger partial charge in [0.2, 0.25) is 5.89 Å². The van der Waals surface area contributed by atoms with Crippen LogP contribution in [0.4, 0.5) is 11.4 Å². The fraction of sp³-hybridized carbons (Fsp3) is 0.308. The van der Waals surface area contributed by atoms with Crippen molar-refractivity contribution in [2.75, 3.05) is 18.2 Å². The van der Waals surface area contributed by atoms with Gasteiger partial charge in [0.15, 0.2) is 0 Å². The highest BCUT2D eigenvalue weighted by atomic mass is 16.5. The second-order valence-corrected chi connectivity index (χ2v) is 4.13. The van der Waals surface area contributed by atoms with Crippen molar-refractivity contribution < 1.29 is 9.15 Å². The Morgan fingerprint density at radius 1 is 1.44 bits per heavy atom. The molecule has 2 aromatic rings. The molecule has 1 atom stereocenters. The molecular formula is C13H17N3O2. The lowest BCUT2D eigenvalue weighted by Crippen LogP contribution is -2.08. The second-order valence-electron chi connectivity index (χ2n) is 4.13. The minimum absolute atomic E-state index is 0.0619. The lowest BCUT2D eigenvalue weighted by Gasteiger charge is -2.14. The lowest BCUT2D eigenvalue weighted by atomic mass is 10.2. The van der Waals surface area contributed by atoms with Crippen molar-refractivity contribution in [3.63, 3.8) is 0 Å². The van der Waals surface area contributed by atoms with E-state index in [1.165, 1.54) is 0 Å². The first-order chi connectivity index (χ1) is 8.60. The van der Waals surface area contributed by atoms with Gasteiger partial charge in [-0.1, -0.05) is 0 Å². The molecule has 0 saturated carbocycles. The molecule has 0 aliphatic heterocycles.